The topological polar surface area (TPSA) is 96.6 Å². The molecule has 0 unspecified atom stereocenters. The summed E-state index contributed by atoms with van der Waals surface area (Å²) in [5.74, 6) is -2.16. The predicted octanol–water partition coefficient (Wildman–Crippen LogP) is 6.55. The number of aliphatic hydroxyl groups excluding tert-OH is 1. The number of aromatic nitrogens is 4. The van der Waals surface area contributed by atoms with Crippen LogP contribution >= 0.6 is 11.3 Å². The van der Waals surface area contributed by atoms with Gasteiger partial charge in [0, 0.05) is 71.3 Å². The summed E-state index contributed by atoms with van der Waals surface area (Å²) in [6.45, 7) is 4.87. The number of nitrogens with zero attached hydrogens (tertiary/aromatic N) is 6. The van der Waals surface area contributed by atoms with Gasteiger partial charge in [-0.05, 0) is 42.1 Å². The first kappa shape index (κ1) is 33.8. The molecule has 0 radical (unpaired) electrons. The minimum absolute atomic E-state index is 0.0608. The summed E-state index contributed by atoms with van der Waals surface area (Å²) in [4.78, 5) is 25.3. The standard InChI is InChI=1S/C35H31F5N6O3S/c1-3-29(48)45-7-8-46-27(19(45)2)15-26(43-46)33-31(30-24(37)13-22(36)14-28(30)49-10-9-47)34-23(5-11-50-34)32(42-33)20-12-21-17-44(18-35(38,39)40)6-4-25(21)41-16-20/h3,5,11-16,19,47H,1,4,6-10,17-18H2,2H3/t19-/m1/s1. The lowest BCUT2D eigenvalue weighted by molar-refractivity contribution is -0.147. The quantitative estimate of drug-likeness (QED) is 0.144. The third kappa shape index (κ3) is 6.24. The van der Waals surface area contributed by atoms with Crippen LogP contribution in [0.2, 0.25) is 0 Å². The second-order valence-corrected chi connectivity index (χ2v) is 13.1. The second kappa shape index (κ2) is 13.2. The van der Waals surface area contributed by atoms with E-state index >= 15 is 4.39 Å². The highest BCUT2D eigenvalue weighted by atomic mass is 32.1. The Morgan fingerprint density at radius 2 is 1.96 bits per heavy atom. The summed E-state index contributed by atoms with van der Waals surface area (Å²) in [6, 6.07) is 6.79. The van der Waals surface area contributed by atoms with Gasteiger partial charge in [-0.2, -0.15) is 18.3 Å². The van der Waals surface area contributed by atoms with Crippen LogP contribution in [0.5, 0.6) is 5.75 Å². The van der Waals surface area contributed by atoms with Crippen LogP contribution in [0.25, 0.3) is 43.9 Å². The molecule has 0 fully saturated rings. The van der Waals surface area contributed by atoms with Gasteiger partial charge in [-0.25, -0.2) is 13.8 Å². The van der Waals surface area contributed by atoms with Crippen molar-refractivity contribution in [2.24, 2.45) is 0 Å². The molecular formula is C35H31F5N6O3S. The van der Waals surface area contributed by atoms with Gasteiger partial charge in [-0.1, -0.05) is 6.58 Å². The summed E-state index contributed by atoms with van der Waals surface area (Å²) in [5.41, 5.74) is 3.86. The minimum Gasteiger partial charge on any atom is -0.490 e. The van der Waals surface area contributed by atoms with E-state index in [0.29, 0.717) is 63.5 Å². The number of hydrogen-bond donors (Lipinski definition) is 1. The van der Waals surface area contributed by atoms with Crippen LogP contribution in [-0.2, 0) is 24.3 Å². The first-order chi connectivity index (χ1) is 24.0. The number of carbonyl (C=O) groups is 1. The van der Waals surface area contributed by atoms with Crippen molar-refractivity contribution in [3.63, 3.8) is 0 Å². The van der Waals surface area contributed by atoms with Gasteiger partial charge in [-0.15, -0.1) is 11.3 Å². The lowest BCUT2D eigenvalue weighted by atomic mass is 9.95. The maximum atomic E-state index is 16.0. The molecule has 4 aromatic heterocycles. The fourth-order valence-electron chi connectivity index (χ4n) is 6.76. The molecule has 1 aromatic carbocycles. The number of benzene rings is 1. The number of fused-ring (bicyclic) bond motifs is 3. The zero-order chi connectivity index (χ0) is 35.3. The first-order valence-corrected chi connectivity index (χ1v) is 16.8. The molecule has 2 aliphatic rings. The zero-order valence-corrected chi connectivity index (χ0v) is 27.6. The van der Waals surface area contributed by atoms with Crippen molar-refractivity contribution >= 4 is 27.3 Å². The number of hydrogen-bond acceptors (Lipinski definition) is 8. The number of halogens is 5. The van der Waals surface area contributed by atoms with Crippen molar-refractivity contribution in [2.45, 2.75) is 38.7 Å². The Kier molecular flexibility index (Phi) is 8.90. The van der Waals surface area contributed by atoms with Crippen LogP contribution in [0, 0.1) is 11.6 Å². The Hall–Kier alpha value is -4.73. The molecule has 0 spiro atoms. The largest absolute Gasteiger partial charge is 0.490 e. The van der Waals surface area contributed by atoms with E-state index in [-0.39, 0.29) is 54.2 Å². The number of thiophene rings is 1. The van der Waals surface area contributed by atoms with Crippen LogP contribution in [0.1, 0.15) is 29.9 Å². The van der Waals surface area contributed by atoms with Crippen LogP contribution in [0.15, 0.2) is 54.6 Å². The molecule has 15 heteroatoms. The highest BCUT2D eigenvalue weighted by Crippen LogP contribution is 2.47. The molecule has 0 bridgehead atoms. The Morgan fingerprint density at radius 1 is 1.14 bits per heavy atom. The van der Waals surface area contributed by atoms with Crippen LogP contribution in [0.4, 0.5) is 22.0 Å². The van der Waals surface area contributed by atoms with Gasteiger partial charge >= 0.3 is 6.18 Å². The lowest BCUT2D eigenvalue weighted by Crippen LogP contribution is -2.40. The molecular weight excluding hydrogens is 679 g/mol. The van der Waals surface area contributed by atoms with E-state index in [1.807, 2.05) is 6.92 Å². The van der Waals surface area contributed by atoms with Gasteiger partial charge in [0.2, 0.25) is 5.91 Å². The molecule has 0 aliphatic carbocycles. The number of amides is 1. The van der Waals surface area contributed by atoms with E-state index in [9.17, 15) is 27.5 Å². The Balaban J connectivity index is 1.44. The van der Waals surface area contributed by atoms with Gasteiger partial charge in [0.05, 0.1) is 42.7 Å². The van der Waals surface area contributed by atoms with Crippen molar-refractivity contribution in [1.82, 2.24) is 29.5 Å². The average Bonchev–Trinajstić information content (AvgIpc) is 3.74. The SMILES string of the molecule is C=CC(=O)N1CCn2nc(-c3nc(-c4cnc5c(c4)CN(CC(F)(F)F)CC5)c4ccsc4c3-c3c(F)cc(F)cc3OCCO)cc2[C@H]1C. The summed E-state index contributed by atoms with van der Waals surface area (Å²) >= 11 is 1.29. The maximum absolute atomic E-state index is 16.0. The van der Waals surface area contributed by atoms with E-state index in [1.165, 1.54) is 22.3 Å². The number of rotatable bonds is 8. The minimum atomic E-state index is -4.34. The Morgan fingerprint density at radius 3 is 2.72 bits per heavy atom. The summed E-state index contributed by atoms with van der Waals surface area (Å²) < 4.78 is 78.3. The molecule has 0 saturated heterocycles. The van der Waals surface area contributed by atoms with Crippen molar-refractivity contribution in [1.29, 1.82) is 0 Å². The van der Waals surface area contributed by atoms with Crippen molar-refractivity contribution in [2.75, 3.05) is 32.8 Å². The number of carbonyl (C=O) groups excluding carboxylic acids is 1. The lowest BCUT2D eigenvalue weighted by Gasteiger charge is -2.33. The molecule has 260 valence electrons. The fraction of sp³-hybridized carbons (Fsp3) is 0.314. The third-order valence-corrected chi connectivity index (χ3v) is 9.91. The molecule has 5 aromatic rings. The smallest absolute Gasteiger partial charge is 0.401 e. The van der Waals surface area contributed by atoms with Gasteiger partial charge in [0.1, 0.15) is 35.4 Å². The molecule has 7 rings (SSSR count). The molecule has 1 atom stereocenters. The number of aliphatic hydroxyl groups is 1. The molecule has 50 heavy (non-hydrogen) atoms. The van der Waals surface area contributed by atoms with Gasteiger partial charge in [0.15, 0.2) is 0 Å². The van der Waals surface area contributed by atoms with E-state index in [4.69, 9.17) is 14.8 Å². The fourth-order valence-corrected chi connectivity index (χ4v) is 7.71. The van der Waals surface area contributed by atoms with E-state index in [2.05, 4.69) is 11.6 Å². The molecule has 1 N–H and O–H groups in total. The number of ether oxygens (including phenoxy) is 1. The average molecular weight is 711 g/mol. The predicted molar refractivity (Wildman–Crippen MR) is 177 cm³/mol. The second-order valence-electron chi connectivity index (χ2n) is 12.2. The van der Waals surface area contributed by atoms with Crippen LogP contribution < -0.4 is 4.74 Å². The number of pyridine rings is 2. The van der Waals surface area contributed by atoms with Crippen molar-refractivity contribution in [3.8, 4) is 39.5 Å². The molecule has 9 nitrogen and oxygen atoms in total. The van der Waals surface area contributed by atoms with E-state index in [0.717, 1.165) is 12.1 Å². The first-order valence-electron chi connectivity index (χ1n) is 15.9. The van der Waals surface area contributed by atoms with Crippen LogP contribution in [-0.4, -0.2) is 79.6 Å². The third-order valence-electron chi connectivity index (χ3n) is 8.98. The normalized spacial score (nSPS) is 16.4. The van der Waals surface area contributed by atoms with Crippen LogP contribution in [0.3, 0.4) is 0 Å². The summed E-state index contributed by atoms with van der Waals surface area (Å²) in [5, 5.41) is 16.7. The molecule has 6 heterocycles. The molecule has 0 saturated carbocycles. The van der Waals surface area contributed by atoms with Crippen molar-refractivity contribution < 1.29 is 36.6 Å². The summed E-state index contributed by atoms with van der Waals surface area (Å²) in [6.07, 6.45) is -1.10. The zero-order valence-electron chi connectivity index (χ0n) is 26.8. The monoisotopic (exact) mass is 710 g/mol. The number of alkyl halides is 3. The highest BCUT2D eigenvalue weighted by molar-refractivity contribution is 7.18. The molecule has 1 amide bonds. The Labute approximate surface area is 287 Å². The summed E-state index contributed by atoms with van der Waals surface area (Å²) in [7, 11) is 0. The maximum Gasteiger partial charge on any atom is 0.401 e. The van der Waals surface area contributed by atoms with E-state index in [1.54, 1.807) is 39.4 Å². The van der Waals surface area contributed by atoms with Gasteiger partial charge < -0.3 is 14.7 Å². The Bertz CT molecular complexity index is 2130. The van der Waals surface area contributed by atoms with E-state index < -0.39 is 31.0 Å². The van der Waals surface area contributed by atoms with Gasteiger partial charge in [0.25, 0.3) is 0 Å². The highest BCUT2D eigenvalue weighted by Gasteiger charge is 2.34. The van der Waals surface area contributed by atoms with Crippen molar-refractivity contribution in [3.05, 3.63) is 83.1 Å². The molecule has 2 aliphatic heterocycles. The van der Waals surface area contributed by atoms with Gasteiger partial charge in [-0.3, -0.25) is 19.4 Å².